The smallest absolute Gasteiger partial charge is 0.325 e. The fourth-order valence-corrected chi connectivity index (χ4v) is 4.61. The van der Waals surface area contributed by atoms with Crippen LogP contribution in [0.15, 0.2) is 48.5 Å². The third-order valence-electron chi connectivity index (χ3n) is 5.59. The molecule has 0 spiro atoms. The van der Waals surface area contributed by atoms with Gasteiger partial charge in [0.25, 0.3) is 0 Å². The molecule has 0 heterocycles. The van der Waals surface area contributed by atoms with Gasteiger partial charge in [-0.25, -0.2) is 4.39 Å². The Morgan fingerprint density at radius 3 is 2.23 bits per heavy atom. The summed E-state index contributed by atoms with van der Waals surface area (Å²) in [5.41, 5.74) is 2.20. The summed E-state index contributed by atoms with van der Waals surface area (Å²) in [5, 5.41) is 5.37. The van der Waals surface area contributed by atoms with Gasteiger partial charge < -0.3 is 20.3 Å². The molecule has 0 aliphatic rings. The molecule has 9 nitrogen and oxygen atoms in total. The molecule has 2 aromatic carbocycles. The molecule has 3 amide bonds. The largest absolute Gasteiger partial charge is 0.465 e. The SMILES string of the molecule is CCOC(=O)CN(C(=O)CS(=O)CC(=O)Nc1ccc(C)cc1)C(CC(C)C)C(=O)NCc1ccc(F)cc1. The molecular formula is C28H36FN3O6S. The van der Waals surface area contributed by atoms with Crippen LogP contribution in [0.25, 0.3) is 0 Å². The van der Waals surface area contributed by atoms with Crippen LogP contribution < -0.4 is 10.6 Å². The Morgan fingerprint density at radius 2 is 1.64 bits per heavy atom. The van der Waals surface area contributed by atoms with Crippen LogP contribution in [-0.2, 0) is 41.3 Å². The summed E-state index contributed by atoms with van der Waals surface area (Å²) < 4.78 is 31.0. The summed E-state index contributed by atoms with van der Waals surface area (Å²) in [6, 6.07) is 11.6. The van der Waals surface area contributed by atoms with Gasteiger partial charge in [-0.15, -0.1) is 0 Å². The van der Waals surface area contributed by atoms with Crippen LogP contribution in [0.5, 0.6) is 0 Å². The van der Waals surface area contributed by atoms with Crippen molar-refractivity contribution in [3.63, 3.8) is 0 Å². The third kappa shape index (κ3) is 11.4. The van der Waals surface area contributed by atoms with Crippen molar-refractivity contribution in [3.05, 3.63) is 65.5 Å². The molecule has 39 heavy (non-hydrogen) atoms. The number of nitrogens with zero attached hydrogens (tertiary/aromatic N) is 1. The third-order valence-corrected chi connectivity index (χ3v) is 6.74. The number of rotatable bonds is 14. The molecular weight excluding hydrogens is 525 g/mol. The number of carbonyl (C=O) groups is 4. The highest BCUT2D eigenvalue weighted by Gasteiger charge is 2.33. The highest BCUT2D eigenvalue weighted by atomic mass is 32.2. The Bertz CT molecular complexity index is 1150. The summed E-state index contributed by atoms with van der Waals surface area (Å²) in [6.45, 7) is 6.90. The van der Waals surface area contributed by atoms with Gasteiger partial charge in [-0.05, 0) is 56.0 Å². The number of hydrogen-bond donors (Lipinski definition) is 2. The molecule has 2 aromatic rings. The molecule has 0 saturated heterocycles. The van der Waals surface area contributed by atoms with Gasteiger partial charge in [0, 0.05) is 23.0 Å². The van der Waals surface area contributed by atoms with Gasteiger partial charge in [-0.3, -0.25) is 23.4 Å². The molecule has 11 heteroatoms. The highest BCUT2D eigenvalue weighted by Crippen LogP contribution is 2.15. The lowest BCUT2D eigenvalue weighted by atomic mass is 10.0. The van der Waals surface area contributed by atoms with Crippen LogP contribution in [0, 0.1) is 18.7 Å². The molecule has 2 unspecified atom stereocenters. The summed E-state index contributed by atoms with van der Waals surface area (Å²) >= 11 is 0. The minimum atomic E-state index is -1.90. The predicted molar refractivity (Wildman–Crippen MR) is 148 cm³/mol. The van der Waals surface area contributed by atoms with Crippen molar-refractivity contribution in [2.45, 2.75) is 46.7 Å². The maximum Gasteiger partial charge on any atom is 0.325 e. The van der Waals surface area contributed by atoms with E-state index in [4.69, 9.17) is 4.74 Å². The van der Waals surface area contributed by atoms with Crippen LogP contribution in [-0.4, -0.2) is 63.5 Å². The lowest BCUT2D eigenvalue weighted by Gasteiger charge is -2.31. The number of carbonyl (C=O) groups excluding carboxylic acids is 4. The van der Waals surface area contributed by atoms with Gasteiger partial charge >= 0.3 is 5.97 Å². The van der Waals surface area contributed by atoms with Crippen molar-refractivity contribution in [3.8, 4) is 0 Å². The summed E-state index contributed by atoms with van der Waals surface area (Å²) in [7, 11) is -1.90. The lowest BCUT2D eigenvalue weighted by Crippen LogP contribution is -2.53. The Morgan fingerprint density at radius 1 is 1.00 bits per heavy atom. The summed E-state index contributed by atoms with van der Waals surface area (Å²) in [5.74, 6) is -3.91. The van der Waals surface area contributed by atoms with E-state index in [0.717, 1.165) is 10.5 Å². The van der Waals surface area contributed by atoms with Gasteiger partial charge in [0.15, 0.2) is 0 Å². The van der Waals surface area contributed by atoms with Gasteiger partial charge in [-0.2, -0.15) is 0 Å². The zero-order chi connectivity index (χ0) is 28.9. The van der Waals surface area contributed by atoms with E-state index in [-0.39, 0.29) is 25.5 Å². The van der Waals surface area contributed by atoms with E-state index in [1.165, 1.54) is 24.3 Å². The Kier molecular flexibility index (Phi) is 12.7. The fourth-order valence-electron chi connectivity index (χ4n) is 3.70. The maximum absolute atomic E-state index is 13.3. The van der Waals surface area contributed by atoms with E-state index in [9.17, 15) is 27.8 Å². The molecule has 0 bridgehead atoms. The number of esters is 1. The number of ether oxygens (including phenoxy) is 1. The quantitative estimate of drug-likeness (QED) is 0.342. The Balaban J connectivity index is 2.14. The molecule has 0 radical (unpaired) electrons. The number of halogens is 1. The van der Waals surface area contributed by atoms with Crippen LogP contribution in [0.3, 0.4) is 0 Å². The molecule has 0 aromatic heterocycles. The van der Waals surface area contributed by atoms with Gasteiger partial charge in [0.05, 0.1) is 6.61 Å². The molecule has 0 saturated carbocycles. The first-order valence-electron chi connectivity index (χ1n) is 12.7. The Labute approximate surface area is 230 Å². The van der Waals surface area contributed by atoms with E-state index in [1.54, 1.807) is 19.1 Å². The van der Waals surface area contributed by atoms with Gasteiger partial charge in [-0.1, -0.05) is 43.7 Å². The molecule has 2 rings (SSSR count). The first-order chi connectivity index (χ1) is 18.5. The topological polar surface area (TPSA) is 122 Å². The van der Waals surface area contributed by atoms with Crippen molar-refractivity contribution >= 4 is 40.2 Å². The minimum Gasteiger partial charge on any atom is -0.465 e. The highest BCUT2D eigenvalue weighted by molar-refractivity contribution is 7.86. The van der Waals surface area contributed by atoms with Crippen molar-refractivity contribution in [1.29, 1.82) is 0 Å². The predicted octanol–water partition coefficient (Wildman–Crippen LogP) is 2.94. The first-order valence-corrected chi connectivity index (χ1v) is 14.2. The fraction of sp³-hybridized carbons (Fsp3) is 0.429. The molecule has 212 valence electrons. The van der Waals surface area contributed by atoms with Gasteiger partial charge in [0.1, 0.15) is 29.9 Å². The number of benzene rings is 2. The second-order valence-corrected chi connectivity index (χ2v) is 10.9. The maximum atomic E-state index is 13.3. The van der Waals surface area contributed by atoms with Gasteiger partial charge in [0.2, 0.25) is 17.7 Å². The zero-order valence-electron chi connectivity index (χ0n) is 22.7. The van der Waals surface area contributed by atoms with E-state index >= 15 is 0 Å². The van der Waals surface area contributed by atoms with Crippen molar-refractivity contribution < 1.29 is 32.5 Å². The van der Waals surface area contributed by atoms with Crippen LogP contribution in [0.2, 0.25) is 0 Å². The van der Waals surface area contributed by atoms with Crippen LogP contribution >= 0.6 is 0 Å². The standard InChI is InChI=1S/C28H36FN3O6S/c1-5-38-27(35)16-32(24(14-19(2)3)28(36)30-15-21-8-10-22(29)11-9-21)26(34)18-39(37)17-25(33)31-23-12-6-20(4)7-13-23/h6-13,19,24H,5,14-18H2,1-4H3,(H,30,36)(H,31,33). The van der Waals surface area contributed by atoms with Crippen LogP contribution in [0.1, 0.15) is 38.3 Å². The zero-order valence-corrected chi connectivity index (χ0v) is 23.5. The van der Waals surface area contributed by atoms with E-state index < -0.39 is 64.4 Å². The van der Waals surface area contributed by atoms with E-state index in [1.807, 2.05) is 32.9 Å². The number of hydrogen-bond acceptors (Lipinski definition) is 6. The molecule has 2 atom stereocenters. The first kappa shape index (κ1) is 31.6. The van der Waals surface area contributed by atoms with Crippen molar-refractivity contribution in [2.24, 2.45) is 5.92 Å². The average Bonchev–Trinajstić information content (AvgIpc) is 2.86. The lowest BCUT2D eigenvalue weighted by molar-refractivity contribution is -0.151. The molecule has 2 N–H and O–H groups in total. The monoisotopic (exact) mass is 561 g/mol. The second-order valence-electron chi connectivity index (χ2n) is 9.46. The second kappa shape index (κ2) is 15.7. The summed E-state index contributed by atoms with van der Waals surface area (Å²) in [4.78, 5) is 52.3. The Hall–Kier alpha value is -3.60. The number of amides is 3. The normalized spacial score (nSPS) is 12.4. The van der Waals surface area contributed by atoms with E-state index in [0.29, 0.717) is 11.3 Å². The average molecular weight is 562 g/mol. The molecule has 0 fully saturated rings. The van der Waals surface area contributed by atoms with Crippen molar-refractivity contribution in [2.75, 3.05) is 30.0 Å². The number of nitrogens with one attached hydrogen (secondary N) is 2. The van der Waals surface area contributed by atoms with Crippen molar-refractivity contribution in [1.82, 2.24) is 10.2 Å². The number of aryl methyl sites for hydroxylation is 1. The minimum absolute atomic E-state index is 0.0325. The number of anilines is 1. The summed E-state index contributed by atoms with van der Waals surface area (Å²) in [6.07, 6.45) is 0.223. The molecule has 0 aliphatic heterocycles. The molecule has 0 aliphatic carbocycles. The van der Waals surface area contributed by atoms with Crippen LogP contribution in [0.4, 0.5) is 10.1 Å². The van der Waals surface area contributed by atoms with E-state index in [2.05, 4.69) is 10.6 Å².